The van der Waals surface area contributed by atoms with Crippen LogP contribution in [0.4, 0.5) is 5.69 Å². The average Bonchev–Trinajstić information content (AvgIpc) is 2.35. The maximum Gasteiger partial charge on any atom is 0.236 e. The highest BCUT2D eigenvalue weighted by Crippen LogP contribution is 2.27. The van der Waals surface area contributed by atoms with Gasteiger partial charge in [0.25, 0.3) is 0 Å². The molecule has 1 unspecified atom stereocenters. The van der Waals surface area contributed by atoms with E-state index in [1.165, 1.54) is 6.07 Å². The number of halogens is 2. The van der Waals surface area contributed by atoms with Gasteiger partial charge in [-0.05, 0) is 37.6 Å². The van der Waals surface area contributed by atoms with E-state index in [-0.39, 0.29) is 0 Å². The molecule has 0 radical (unpaired) electrons. The van der Waals surface area contributed by atoms with E-state index in [0.717, 1.165) is 13.0 Å². The minimum absolute atomic E-state index is 0.328. The zero-order valence-corrected chi connectivity index (χ0v) is 11.9. The van der Waals surface area contributed by atoms with Crippen molar-refractivity contribution in [1.82, 2.24) is 5.32 Å². The van der Waals surface area contributed by atoms with Crippen molar-refractivity contribution in [2.75, 3.05) is 17.8 Å². The van der Waals surface area contributed by atoms with Crippen molar-refractivity contribution in [2.45, 2.75) is 18.1 Å². The van der Waals surface area contributed by atoms with Crippen molar-refractivity contribution in [3.8, 4) is 0 Å². The Hall–Kier alpha value is -0.490. The molecule has 1 aliphatic rings. The van der Waals surface area contributed by atoms with Gasteiger partial charge in [-0.3, -0.25) is 4.72 Å². The first-order chi connectivity index (χ1) is 8.49. The fraction of sp³-hybridized carbons (Fsp3) is 0.455. The predicted molar refractivity (Wildman–Crippen MR) is 74.9 cm³/mol. The summed E-state index contributed by atoms with van der Waals surface area (Å²) in [5, 5.41) is 3.43. The number of hydrogen-bond donors (Lipinski definition) is 2. The molecule has 100 valence electrons. The molecule has 2 N–H and O–H groups in total. The van der Waals surface area contributed by atoms with Crippen molar-refractivity contribution >= 4 is 38.9 Å². The SMILES string of the molecule is O=S(=O)(Nc1cc(Cl)ccc1Cl)C1CCCNC1. The van der Waals surface area contributed by atoms with Crippen LogP contribution in [0.25, 0.3) is 0 Å². The van der Waals surface area contributed by atoms with Gasteiger partial charge in [0.05, 0.1) is 16.0 Å². The van der Waals surface area contributed by atoms with Crippen LogP contribution in [0.1, 0.15) is 12.8 Å². The standard InChI is InChI=1S/C11H14Cl2N2O2S/c12-8-3-4-10(13)11(6-8)15-18(16,17)9-2-1-5-14-7-9/h3-4,6,9,14-15H,1-2,5,7H2. The van der Waals surface area contributed by atoms with Gasteiger partial charge in [-0.1, -0.05) is 23.2 Å². The molecule has 1 aliphatic heterocycles. The van der Waals surface area contributed by atoms with Crippen LogP contribution in [0.2, 0.25) is 10.0 Å². The molecule has 2 rings (SSSR count). The van der Waals surface area contributed by atoms with Crippen LogP contribution in [0.3, 0.4) is 0 Å². The molecular formula is C11H14Cl2N2O2S. The molecule has 18 heavy (non-hydrogen) atoms. The van der Waals surface area contributed by atoms with E-state index in [0.29, 0.717) is 28.7 Å². The van der Waals surface area contributed by atoms with Crippen molar-refractivity contribution in [1.29, 1.82) is 0 Å². The molecule has 7 heteroatoms. The third-order valence-electron chi connectivity index (χ3n) is 2.87. The van der Waals surface area contributed by atoms with E-state index >= 15 is 0 Å². The fourth-order valence-corrected chi connectivity index (χ4v) is 3.75. The quantitative estimate of drug-likeness (QED) is 0.902. The molecule has 0 saturated carbocycles. The van der Waals surface area contributed by atoms with Crippen LogP contribution in [0, 0.1) is 0 Å². The highest BCUT2D eigenvalue weighted by Gasteiger charge is 2.27. The summed E-state index contributed by atoms with van der Waals surface area (Å²) in [5.74, 6) is 0. The van der Waals surface area contributed by atoms with Crippen molar-refractivity contribution in [3.05, 3.63) is 28.2 Å². The number of sulfonamides is 1. The summed E-state index contributed by atoms with van der Waals surface area (Å²) in [4.78, 5) is 0. The Bertz CT molecular complexity index is 528. The Kier molecular flexibility index (Phi) is 4.37. The molecule has 0 spiro atoms. The van der Waals surface area contributed by atoms with Gasteiger partial charge >= 0.3 is 0 Å². The Labute approximate surface area is 117 Å². The van der Waals surface area contributed by atoms with Gasteiger partial charge in [0.15, 0.2) is 0 Å². The van der Waals surface area contributed by atoms with Crippen LogP contribution >= 0.6 is 23.2 Å². The Morgan fingerprint density at radius 1 is 1.33 bits per heavy atom. The lowest BCUT2D eigenvalue weighted by atomic mass is 10.2. The summed E-state index contributed by atoms with van der Waals surface area (Å²) in [5.41, 5.74) is 0.328. The predicted octanol–water partition coefficient (Wildman–Crippen LogP) is 2.49. The first-order valence-electron chi connectivity index (χ1n) is 5.66. The second kappa shape index (κ2) is 5.65. The Morgan fingerprint density at radius 3 is 2.78 bits per heavy atom. The van der Waals surface area contributed by atoms with Gasteiger partial charge in [0.1, 0.15) is 0 Å². The third kappa shape index (κ3) is 3.29. The average molecular weight is 309 g/mol. The molecule has 1 fully saturated rings. The molecule has 0 aliphatic carbocycles. The lowest BCUT2D eigenvalue weighted by Gasteiger charge is -2.23. The van der Waals surface area contributed by atoms with Crippen LogP contribution < -0.4 is 10.0 Å². The monoisotopic (exact) mass is 308 g/mol. The summed E-state index contributed by atoms with van der Waals surface area (Å²) in [7, 11) is -3.43. The number of rotatable bonds is 3. The van der Waals surface area contributed by atoms with E-state index in [1.807, 2.05) is 0 Å². The Balaban J connectivity index is 2.18. The van der Waals surface area contributed by atoms with E-state index in [4.69, 9.17) is 23.2 Å². The maximum atomic E-state index is 12.2. The first kappa shape index (κ1) is 13.9. The smallest absolute Gasteiger partial charge is 0.236 e. The molecule has 1 heterocycles. The largest absolute Gasteiger partial charge is 0.315 e. The molecule has 1 aromatic carbocycles. The van der Waals surface area contributed by atoms with Gasteiger partial charge in [0.2, 0.25) is 10.0 Å². The van der Waals surface area contributed by atoms with E-state index in [2.05, 4.69) is 10.0 Å². The number of benzene rings is 1. The minimum Gasteiger partial charge on any atom is -0.315 e. The topological polar surface area (TPSA) is 58.2 Å². The maximum absolute atomic E-state index is 12.2. The molecule has 1 atom stereocenters. The number of nitrogens with one attached hydrogen (secondary N) is 2. The van der Waals surface area contributed by atoms with E-state index < -0.39 is 15.3 Å². The molecule has 0 bridgehead atoms. The zero-order valence-electron chi connectivity index (χ0n) is 9.62. The first-order valence-corrected chi connectivity index (χ1v) is 7.97. The highest BCUT2D eigenvalue weighted by molar-refractivity contribution is 7.93. The van der Waals surface area contributed by atoms with E-state index in [9.17, 15) is 8.42 Å². The molecule has 0 aromatic heterocycles. The van der Waals surface area contributed by atoms with Crippen LogP contribution in [-0.4, -0.2) is 26.8 Å². The molecular weight excluding hydrogens is 295 g/mol. The summed E-state index contributed by atoms with van der Waals surface area (Å²) < 4.78 is 26.8. The lowest BCUT2D eigenvalue weighted by Crippen LogP contribution is -2.41. The van der Waals surface area contributed by atoms with Crippen molar-refractivity contribution in [3.63, 3.8) is 0 Å². The molecule has 0 amide bonds. The van der Waals surface area contributed by atoms with Gasteiger partial charge in [-0.15, -0.1) is 0 Å². The summed E-state index contributed by atoms with van der Waals surface area (Å²) in [6, 6.07) is 4.70. The Morgan fingerprint density at radius 2 is 2.11 bits per heavy atom. The van der Waals surface area contributed by atoms with Crippen LogP contribution in [0.5, 0.6) is 0 Å². The van der Waals surface area contributed by atoms with Crippen molar-refractivity contribution < 1.29 is 8.42 Å². The third-order valence-corrected chi connectivity index (χ3v) is 5.22. The second-order valence-electron chi connectivity index (χ2n) is 4.24. The molecule has 1 aromatic rings. The van der Waals surface area contributed by atoms with Gasteiger partial charge in [-0.25, -0.2) is 8.42 Å². The van der Waals surface area contributed by atoms with Crippen molar-refractivity contribution in [2.24, 2.45) is 0 Å². The zero-order chi connectivity index (χ0) is 13.2. The number of piperidine rings is 1. The summed E-state index contributed by atoms with van der Waals surface area (Å²) >= 11 is 11.8. The summed E-state index contributed by atoms with van der Waals surface area (Å²) in [6.07, 6.45) is 1.51. The molecule has 4 nitrogen and oxygen atoms in total. The normalized spacial score (nSPS) is 20.7. The fourth-order valence-electron chi connectivity index (χ4n) is 1.90. The van der Waals surface area contributed by atoms with Crippen LogP contribution in [0.15, 0.2) is 18.2 Å². The highest BCUT2D eigenvalue weighted by atomic mass is 35.5. The number of hydrogen-bond acceptors (Lipinski definition) is 3. The number of anilines is 1. The van der Waals surface area contributed by atoms with E-state index in [1.54, 1.807) is 12.1 Å². The second-order valence-corrected chi connectivity index (χ2v) is 7.04. The summed E-state index contributed by atoms with van der Waals surface area (Å²) in [6.45, 7) is 1.33. The van der Waals surface area contributed by atoms with Gasteiger partial charge in [-0.2, -0.15) is 0 Å². The lowest BCUT2D eigenvalue weighted by molar-refractivity contribution is 0.499. The van der Waals surface area contributed by atoms with Gasteiger partial charge < -0.3 is 5.32 Å². The minimum atomic E-state index is -3.43. The molecule has 1 saturated heterocycles. The van der Waals surface area contributed by atoms with Gasteiger partial charge in [0, 0.05) is 11.6 Å². The van der Waals surface area contributed by atoms with Crippen LogP contribution in [-0.2, 0) is 10.0 Å².